The topological polar surface area (TPSA) is 58.6 Å². The minimum atomic E-state index is -0.468. The highest BCUT2D eigenvalue weighted by molar-refractivity contribution is 6.35. The zero-order valence-electron chi connectivity index (χ0n) is 14.0. The molecule has 3 fully saturated rings. The first kappa shape index (κ1) is 15.8. The van der Waals surface area contributed by atoms with Crippen molar-refractivity contribution in [3.05, 3.63) is 0 Å². The molecule has 3 unspecified atom stereocenters. The van der Waals surface area contributed by atoms with Crippen LogP contribution in [0.2, 0.25) is 0 Å². The lowest BCUT2D eigenvalue weighted by molar-refractivity contribution is -0.146. The van der Waals surface area contributed by atoms with E-state index in [0.717, 1.165) is 38.7 Å². The fourth-order valence-electron chi connectivity index (χ4n) is 4.92. The van der Waals surface area contributed by atoms with Crippen LogP contribution in [-0.2, 0) is 14.3 Å². The van der Waals surface area contributed by atoms with Crippen molar-refractivity contribution in [3.8, 4) is 0 Å². The molecule has 0 spiro atoms. The van der Waals surface area contributed by atoms with Gasteiger partial charge in [0, 0.05) is 25.7 Å². The molecular formula is C17H28N2O3. The standard InChI is InChI=1S/C17H28N2O3/c1-16(2)7-12-8-17(3,10-16)11-19(12)15(21)14(20)18-9-13-5-4-6-22-13/h12-13H,4-11H2,1-3H3,(H,18,20). The van der Waals surface area contributed by atoms with Gasteiger partial charge in [0.25, 0.3) is 0 Å². The van der Waals surface area contributed by atoms with Gasteiger partial charge in [-0.15, -0.1) is 0 Å². The van der Waals surface area contributed by atoms with Gasteiger partial charge >= 0.3 is 11.8 Å². The Morgan fingerprint density at radius 2 is 2.05 bits per heavy atom. The Labute approximate surface area is 132 Å². The molecule has 3 aliphatic rings. The first-order valence-electron chi connectivity index (χ1n) is 8.48. The van der Waals surface area contributed by atoms with E-state index >= 15 is 0 Å². The molecule has 1 N–H and O–H groups in total. The van der Waals surface area contributed by atoms with Gasteiger partial charge in [0.2, 0.25) is 0 Å². The molecule has 22 heavy (non-hydrogen) atoms. The quantitative estimate of drug-likeness (QED) is 0.790. The highest BCUT2D eigenvalue weighted by Gasteiger charge is 2.51. The maximum atomic E-state index is 12.5. The maximum absolute atomic E-state index is 12.5. The molecule has 3 rings (SSSR count). The van der Waals surface area contributed by atoms with E-state index < -0.39 is 5.91 Å². The lowest BCUT2D eigenvalue weighted by Gasteiger charge is -2.39. The van der Waals surface area contributed by atoms with E-state index in [-0.39, 0.29) is 28.9 Å². The van der Waals surface area contributed by atoms with Crippen molar-refractivity contribution in [2.75, 3.05) is 19.7 Å². The summed E-state index contributed by atoms with van der Waals surface area (Å²) >= 11 is 0. The summed E-state index contributed by atoms with van der Waals surface area (Å²) in [7, 11) is 0. The molecule has 1 aliphatic carbocycles. The summed E-state index contributed by atoms with van der Waals surface area (Å²) < 4.78 is 5.48. The number of nitrogens with zero attached hydrogens (tertiary/aromatic N) is 1. The number of hydrogen-bond donors (Lipinski definition) is 1. The summed E-state index contributed by atoms with van der Waals surface area (Å²) in [5.74, 6) is -0.825. The van der Waals surface area contributed by atoms with Crippen molar-refractivity contribution >= 4 is 11.8 Å². The number of likely N-dealkylation sites (tertiary alicyclic amines) is 1. The Kier molecular flexibility index (Phi) is 3.96. The zero-order valence-corrected chi connectivity index (χ0v) is 14.0. The SMILES string of the molecule is CC1(C)CC2CC(C)(CN2C(=O)C(=O)NCC2CCCO2)C1. The number of rotatable bonds is 2. The van der Waals surface area contributed by atoms with Gasteiger partial charge < -0.3 is 15.0 Å². The Hall–Kier alpha value is -1.10. The van der Waals surface area contributed by atoms with Gasteiger partial charge in [-0.3, -0.25) is 9.59 Å². The van der Waals surface area contributed by atoms with Crippen molar-refractivity contribution in [2.24, 2.45) is 10.8 Å². The minimum absolute atomic E-state index is 0.0750. The maximum Gasteiger partial charge on any atom is 0.312 e. The van der Waals surface area contributed by atoms with Crippen LogP contribution in [0, 0.1) is 10.8 Å². The normalized spacial score (nSPS) is 36.4. The van der Waals surface area contributed by atoms with Crippen molar-refractivity contribution in [3.63, 3.8) is 0 Å². The van der Waals surface area contributed by atoms with E-state index in [9.17, 15) is 9.59 Å². The van der Waals surface area contributed by atoms with E-state index in [2.05, 4.69) is 26.1 Å². The van der Waals surface area contributed by atoms with Gasteiger partial charge in [-0.2, -0.15) is 0 Å². The van der Waals surface area contributed by atoms with Crippen molar-refractivity contribution < 1.29 is 14.3 Å². The van der Waals surface area contributed by atoms with Crippen LogP contribution in [0.15, 0.2) is 0 Å². The van der Waals surface area contributed by atoms with Gasteiger partial charge in [0.15, 0.2) is 0 Å². The largest absolute Gasteiger partial charge is 0.376 e. The first-order valence-corrected chi connectivity index (χ1v) is 8.48. The van der Waals surface area contributed by atoms with Crippen LogP contribution >= 0.6 is 0 Å². The van der Waals surface area contributed by atoms with Crippen molar-refractivity contribution in [1.29, 1.82) is 0 Å². The predicted molar refractivity (Wildman–Crippen MR) is 83.2 cm³/mol. The molecule has 5 nitrogen and oxygen atoms in total. The van der Waals surface area contributed by atoms with Crippen LogP contribution in [-0.4, -0.2) is 48.6 Å². The zero-order chi connectivity index (χ0) is 16.0. The fraction of sp³-hybridized carbons (Fsp3) is 0.882. The Morgan fingerprint density at radius 3 is 2.73 bits per heavy atom. The highest BCUT2D eigenvalue weighted by Crippen LogP contribution is 2.52. The molecule has 0 radical (unpaired) electrons. The summed E-state index contributed by atoms with van der Waals surface area (Å²) in [6.07, 6.45) is 5.22. The fourth-order valence-corrected chi connectivity index (χ4v) is 4.92. The van der Waals surface area contributed by atoms with E-state index in [0.29, 0.717) is 13.1 Å². The van der Waals surface area contributed by atoms with Crippen LogP contribution in [0.25, 0.3) is 0 Å². The predicted octanol–water partition coefficient (Wildman–Crippen LogP) is 1.71. The van der Waals surface area contributed by atoms with E-state index in [4.69, 9.17) is 4.74 Å². The van der Waals surface area contributed by atoms with Gasteiger partial charge in [-0.05, 0) is 42.9 Å². The molecule has 3 atom stereocenters. The molecule has 0 aromatic heterocycles. The van der Waals surface area contributed by atoms with E-state index in [1.165, 1.54) is 0 Å². The number of hydrogen-bond acceptors (Lipinski definition) is 3. The number of fused-ring (bicyclic) bond motifs is 2. The molecule has 0 aromatic carbocycles. The van der Waals surface area contributed by atoms with Gasteiger partial charge in [0.1, 0.15) is 0 Å². The van der Waals surface area contributed by atoms with Gasteiger partial charge in [-0.25, -0.2) is 0 Å². The molecule has 1 saturated carbocycles. The Bertz CT molecular complexity index is 471. The third kappa shape index (κ3) is 3.14. The molecule has 2 saturated heterocycles. The number of nitrogens with one attached hydrogen (secondary N) is 1. The first-order chi connectivity index (χ1) is 10.3. The average Bonchev–Trinajstić information content (AvgIpc) is 3.00. The molecule has 2 aliphatic heterocycles. The Balaban J connectivity index is 1.59. The van der Waals surface area contributed by atoms with Crippen molar-refractivity contribution in [2.45, 2.75) is 65.0 Å². The summed E-state index contributed by atoms with van der Waals surface area (Å²) in [6.45, 7) is 8.71. The lowest BCUT2D eigenvalue weighted by atomic mass is 9.65. The molecule has 124 valence electrons. The summed E-state index contributed by atoms with van der Waals surface area (Å²) in [6, 6.07) is 0.217. The van der Waals surface area contributed by atoms with E-state index in [1.807, 2.05) is 4.90 Å². The second-order valence-corrected chi connectivity index (χ2v) is 8.49. The molecule has 2 amide bonds. The molecule has 5 heteroatoms. The Morgan fingerprint density at radius 1 is 1.27 bits per heavy atom. The third-order valence-electron chi connectivity index (χ3n) is 5.38. The van der Waals surface area contributed by atoms with Crippen molar-refractivity contribution in [1.82, 2.24) is 10.2 Å². The van der Waals surface area contributed by atoms with Crippen LogP contribution in [0.5, 0.6) is 0 Å². The third-order valence-corrected chi connectivity index (χ3v) is 5.38. The summed E-state index contributed by atoms with van der Waals surface area (Å²) in [5, 5.41) is 2.76. The smallest absolute Gasteiger partial charge is 0.312 e. The molecular weight excluding hydrogens is 280 g/mol. The van der Waals surface area contributed by atoms with Gasteiger partial charge in [0.05, 0.1) is 6.10 Å². The lowest BCUT2D eigenvalue weighted by Crippen LogP contribution is -2.47. The second kappa shape index (κ2) is 5.52. The minimum Gasteiger partial charge on any atom is -0.376 e. The molecule has 2 heterocycles. The molecule has 0 aromatic rings. The number of carbonyl (C=O) groups excluding carboxylic acids is 2. The molecule has 2 bridgehead atoms. The summed E-state index contributed by atoms with van der Waals surface area (Å²) in [4.78, 5) is 26.5. The van der Waals surface area contributed by atoms with Gasteiger partial charge in [-0.1, -0.05) is 20.8 Å². The van der Waals surface area contributed by atoms with Crippen LogP contribution in [0.3, 0.4) is 0 Å². The van der Waals surface area contributed by atoms with Crippen LogP contribution < -0.4 is 5.32 Å². The van der Waals surface area contributed by atoms with E-state index in [1.54, 1.807) is 0 Å². The van der Waals surface area contributed by atoms with Crippen LogP contribution in [0.4, 0.5) is 0 Å². The highest BCUT2D eigenvalue weighted by atomic mass is 16.5. The van der Waals surface area contributed by atoms with Crippen LogP contribution in [0.1, 0.15) is 52.9 Å². The average molecular weight is 308 g/mol. The monoisotopic (exact) mass is 308 g/mol. The number of carbonyl (C=O) groups is 2. The second-order valence-electron chi connectivity index (χ2n) is 8.49. The number of amides is 2. The summed E-state index contributed by atoms with van der Waals surface area (Å²) in [5.41, 5.74) is 0.414. The number of ether oxygens (including phenoxy) is 1.